The van der Waals surface area contributed by atoms with Gasteiger partial charge in [0.05, 0.1) is 0 Å². The molecule has 0 saturated carbocycles. The smallest absolute Gasteiger partial charge is 0.255 e. The first-order valence-electron chi connectivity index (χ1n) is 20.7. The predicted molar refractivity (Wildman–Crippen MR) is 213 cm³/mol. The van der Waals surface area contributed by atoms with Gasteiger partial charge in [-0.3, -0.25) is 24.6 Å². The van der Waals surface area contributed by atoms with Crippen LogP contribution in [0, 0.1) is 17.8 Å². The van der Waals surface area contributed by atoms with Gasteiger partial charge in [0.15, 0.2) is 0 Å². The molecule has 9 nitrogen and oxygen atoms in total. The second-order valence-corrected chi connectivity index (χ2v) is 16.6. The van der Waals surface area contributed by atoms with E-state index in [0.717, 1.165) is 69.4 Å². The van der Waals surface area contributed by atoms with E-state index in [1.54, 1.807) is 4.90 Å². The summed E-state index contributed by atoms with van der Waals surface area (Å²) in [6.45, 7) is 12.4. The van der Waals surface area contributed by atoms with Gasteiger partial charge in [-0.2, -0.15) is 0 Å². The van der Waals surface area contributed by atoms with Crippen LogP contribution in [0.1, 0.15) is 104 Å². The number of anilines is 2. The molecule has 54 heavy (non-hydrogen) atoms. The van der Waals surface area contributed by atoms with Crippen molar-refractivity contribution in [1.29, 1.82) is 0 Å². The number of hydrogen-bond acceptors (Lipinski definition) is 7. The van der Waals surface area contributed by atoms with Gasteiger partial charge in [0, 0.05) is 81.6 Å². The molecule has 0 radical (unpaired) electrons. The zero-order chi connectivity index (χ0) is 37.3. The van der Waals surface area contributed by atoms with Crippen LogP contribution in [0.4, 0.5) is 11.4 Å². The topological polar surface area (TPSA) is 96.4 Å². The largest absolute Gasteiger partial charge is 0.508 e. The molecule has 3 fully saturated rings. The number of piperazine rings is 1. The lowest BCUT2D eigenvalue weighted by Gasteiger charge is -2.40. The molecular formula is C45H57N5O4. The second-order valence-electron chi connectivity index (χ2n) is 16.6. The van der Waals surface area contributed by atoms with Gasteiger partial charge < -0.3 is 19.8 Å². The predicted octanol–water partition coefficient (Wildman–Crippen LogP) is 6.71. The van der Waals surface area contributed by atoms with Crippen molar-refractivity contribution < 1.29 is 19.5 Å². The number of fused-ring (bicyclic) bond motifs is 2. The number of rotatable bonds is 10. The molecule has 0 spiro atoms. The lowest BCUT2D eigenvalue weighted by molar-refractivity contribution is -0.136. The molecule has 3 amide bonds. The zero-order valence-electron chi connectivity index (χ0n) is 32.1. The molecule has 3 saturated heterocycles. The van der Waals surface area contributed by atoms with Gasteiger partial charge in [0.1, 0.15) is 11.8 Å². The highest BCUT2D eigenvalue weighted by Gasteiger charge is 2.39. The maximum atomic E-state index is 13.2. The number of aromatic hydroxyl groups is 1. The molecule has 1 unspecified atom stereocenters. The van der Waals surface area contributed by atoms with Crippen molar-refractivity contribution in [1.82, 2.24) is 15.1 Å². The molecule has 4 heterocycles. The monoisotopic (exact) mass is 731 g/mol. The minimum atomic E-state index is -0.582. The molecule has 4 aliphatic heterocycles. The van der Waals surface area contributed by atoms with Crippen LogP contribution in [0.2, 0.25) is 0 Å². The standard InChI is InChI=1S/C45H57N5O4/c1-3-30(4-2)25-34-6-5-33-27-38(51)12-14-39(33)43(34)32-7-9-36(10-8-32)48-19-17-31(18-20-48)28-47-21-23-49(24-22-47)37-11-13-40-35(26-37)29-50(45(40)54)41-15-16-42(52)46-44(41)53/h7-14,26-27,30-31,34,41,43,51H,3-6,15-25,28-29H2,1-2H3,(H,46,52,53)/t34-,41?,43+/m1/s1. The van der Waals surface area contributed by atoms with Crippen LogP contribution in [0.5, 0.6) is 5.75 Å². The Bertz CT molecular complexity index is 1840. The lowest BCUT2D eigenvalue weighted by atomic mass is 9.68. The number of imide groups is 1. The Morgan fingerprint density at radius 3 is 2.20 bits per heavy atom. The molecule has 3 atom stereocenters. The summed E-state index contributed by atoms with van der Waals surface area (Å²) in [5.74, 6) is 2.12. The Hall–Kier alpha value is -4.37. The Balaban J connectivity index is 0.830. The van der Waals surface area contributed by atoms with E-state index in [1.165, 1.54) is 60.9 Å². The Morgan fingerprint density at radius 2 is 1.48 bits per heavy atom. The number of nitrogens with one attached hydrogen (secondary N) is 1. The molecule has 2 N–H and O–H groups in total. The quantitative estimate of drug-likeness (QED) is 0.224. The molecular weight excluding hydrogens is 675 g/mol. The summed E-state index contributed by atoms with van der Waals surface area (Å²) in [6, 6.07) is 21.1. The van der Waals surface area contributed by atoms with Crippen LogP contribution >= 0.6 is 0 Å². The second kappa shape index (κ2) is 15.8. The van der Waals surface area contributed by atoms with Crippen LogP contribution in [0.3, 0.4) is 0 Å². The maximum absolute atomic E-state index is 13.2. The van der Waals surface area contributed by atoms with E-state index in [9.17, 15) is 19.5 Å². The average Bonchev–Trinajstić information content (AvgIpc) is 3.52. The minimum Gasteiger partial charge on any atom is -0.508 e. The molecule has 9 heteroatoms. The number of aryl methyl sites for hydroxylation is 1. The van der Waals surface area contributed by atoms with Crippen molar-refractivity contribution in [2.24, 2.45) is 17.8 Å². The van der Waals surface area contributed by atoms with E-state index in [1.807, 2.05) is 18.2 Å². The SMILES string of the molecule is CCC(CC)C[C@H]1CCc2cc(O)ccc2[C@H]1c1ccc(N2CCC(CN3CCN(c4ccc5c(c4)CN(C4CCC(=O)NC4=O)C5=O)CC3)CC2)cc1. The zero-order valence-corrected chi connectivity index (χ0v) is 32.1. The molecule has 3 aromatic carbocycles. The number of carbonyl (C=O) groups excluding carboxylic acids is 3. The Labute approximate surface area is 320 Å². The fourth-order valence-corrected chi connectivity index (χ4v) is 10.2. The van der Waals surface area contributed by atoms with Gasteiger partial charge in [-0.1, -0.05) is 44.9 Å². The normalized spacial score (nSPS) is 23.9. The number of phenolic OH excluding ortho intramolecular Hbond substituents is 1. The number of nitrogens with zero attached hydrogens (tertiary/aromatic N) is 4. The number of hydrogen-bond donors (Lipinski definition) is 2. The van der Waals surface area contributed by atoms with Gasteiger partial charge in [-0.25, -0.2) is 0 Å². The molecule has 286 valence electrons. The van der Waals surface area contributed by atoms with Crippen LogP contribution in [0.25, 0.3) is 0 Å². The number of phenols is 1. The van der Waals surface area contributed by atoms with Gasteiger partial charge in [0.25, 0.3) is 5.91 Å². The third kappa shape index (κ3) is 7.48. The van der Waals surface area contributed by atoms with E-state index in [0.29, 0.717) is 42.0 Å². The van der Waals surface area contributed by atoms with Crippen LogP contribution < -0.4 is 15.1 Å². The molecule has 1 aliphatic carbocycles. The van der Waals surface area contributed by atoms with Gasteiger partial charge in [-0.05, 0) is 121 Å². The van der Waals surface area contributed by atoms with Crippen LogP contribution in [0.15, 0.2) is 60.7 Å². The summed E-state index contributed by atoms with van der Waals surface area (Å²) in [6.07, 6.45) is 9.06. The summed E-state index contributed by atoms with van der Waals surface area (Å²) in [7, 11) is 0. The van der Waals surface area contributed by atoms with E-state index in [4.69, 9.17) is 0 Å². The van der Waals surface area contributed by atoms with Crippen molar-refractivity contribution in [3.63, 3.8) is 0 Å². The Morgan fingerprint density at radius 1 is 0.759 bits per heavy atom. The van der Waals surface area contributed by atoms with Gasteiger partial charge in [0.2, 0.25) is 11.8 Å². The third-order valence-electron chi connectivity index (χ3n) is 13.5. The van der Waals surface area contributed by atoms with E-state index in [2.05, 4.69) is 76.3 Å². The van der Waals surface area contributed by atoms with Crippen molar-refractivity contribution >= 4 is 29.1 Å². The van der Waals surface area contributed by atoms with Crippen LogP contribution in [-0.2, 0) is 22.6 Å². The summed E-state index contributed by atoms with van der Waals surface area (Å²) in [4.78, 5) is 46.5. The summed E-state index contributed by atoms with van der Waals surface area (Å²) < 4.78 is 0. The molecule has 0 bridgehead atoms. The fourth-order valence-electron chi connectivity index (χ4n) is 10.2. The van der Waals surface area contributed by atoms with E-state index in [-0.39, 0.29) is 24.1 Å². The number of amides is 3. The molecule has 3 aromatic rings. The maximum Gasteiger partial charge on any atom is 0.255 e. The summed E-state index contributed by atoms with van der Waals surface area (Å²) in [5.41, 5.74) is 8.24. The molecule has 5 aliphatic rings. The van der Waals surface area contributed by atoms with Gasteiger partial charge in [-0.15, -0.1) is 0 Å². The highest BCUT2D eigenvalue weighted by molar-refractivity contribution is 6.05. The van der Waals surface area contributed by atoms with Gasteiger partial charge >= 0.3 is 0 Å². The summed E-state index contributed by atoms with van der Waals surface area (Å²) in [5, 5.41) is 12.6. The average molecular weight is 732 g/mol. The number of benzene rings is 3. The highest BCUT2D eigenvalue weighted by Crippen LogP contribution is 2.45. The van der Waals surface area contributed by atoms with E-state index < -0.39 is 6.04 Å². The Kier molecular flexibility index (Phi) is 10.7. The highest BCUT2D eigenvalue weighted by atomic mass is 16.3. The lowest BCUT2D eigenvalue weighted by Crippen LogP contribution is -2.52. The first-order valence-corrected chi connectivity index (χ1v) is 20.7. The van der Waals surface area contributed by atoms with Crippen molar-refractivity contribution in [3.8, 4) is 5.75 Å². The van der Waals surface area contributed by atoms with Crippen molar-refractivity contribution in [3.05, 3.63) is 88.5 Å². The van der Waals surface area contributed by atoms with Crippen molar-refractivity contribution in [2.45, 2.75) is 90.1 Å². The van der Waals surface area contributed by atoms with E-state index >= 15 is 0 Å². The number of piperidine rings is 2. The first kappa shape index (κ1) is 36.6. The number of carbonyl (C=O) groups is 3. The molecule has 8 rings (SSSR count). The van der Waals surface area contributed by atoms with Crippen molar-refractivity contribution in [2.75, 3.05) is 55.6 Å². The molecule has 0 aromatic heterocycles. The summed E-state index contributed by atoms with van der Waals surface area (Å²) >= 11 is 0. The van der Waals surface area contributed by atoms with Crippen LogP contribution in [-0.4, -0.2) is 84.5 Å². The third-order valence-corrected chi connectivity index (χ3v) is 13.5. The minimum absolute atomic E-state index is 0.117. The fraction of sp³-hybridized carbons (Fsp3) is 0.533. The first-order chi connectivity index (χ1) is 26.3.